The van der Waals surface area contributed by atoms with Crippen molar-refractivity contribution in [2.75, 3.05) is 26.0 Å². The van der Waals surface area contributed by atoms with Gasteiger partial charge in [-0.3, -0.25) is 4.79 Å². The van der Waals surface area contributed by atoms with Gasteiger partial charge in [0.2, 0.25) is 10.0 Å². The van der Waals surface area contributed by atoms with Crippen LogP contribution in [0.15, 0.2) is 28.0 Å². The quantitative estimate of drug-likeness (QED) is 0.635. The number of rotatable bonds is 8. The van der Waals surface area contributed by atoms with E-state index in [1.165, 1.54) is 12.1 Å². The Kier molecular flexibility index (Phi) is 6.94. The van der Waals surface area contributed by atoms with Gasteiger partial charge in [-0.15, -0.1) is 0 Å². The monoisotopic (exact) mass is 377 g/mol. The summed E-state index contributed by atoms with van der Waals surface area (Å²) in [6.45, 7) is 4.87. The maximum Gasteiger partial charge on any atom is 0.321 e. The molecule has 0 fully saturated rings. The number of hydrogen-bond donors (Lipinski definition) is 0. The third-order valence-electron chi connectivity index (χ3n) is 3.29. The molecular formula is C15H23NO6S2. The van der Waals surface area contributed by atoms with Crippen molar-refractivity contribution in [2.45, 2.75) is 37.0 Å². The van der Waals surface area contributed by atoms with Gasteiger partial charge in [-0.2, -0.15) is 4.31 Å². The second-order valence-corrected chi connectivity index (χ2v) is 9.27. The zero-order valence-corrected chi connectivity index (χ0v) is 15.9. The van der Waals surface area contributed by atoms with E-state index in [9.17, 15) is 21.6 Å². The molecule has 1 aromatic rings. The third kappa shape index (κ3) is 5.02. The number of carbonyl (C=O) groups excluding carboxylic acids is 1. The van der Waals surface area contributed by atoms with Crippen LogP contribution in [0, 0.1) is 6.92 Å². The first-order valence-electron chi connectivity index (χ1n) is 7.50. The van der Waals surface area contributed by atoms with Gasteiger partial charge in [-0.25, -0.2) is 16.8 Å². The zero-order valence-electron chi connectivity index (χ0n) is 14.3. The minimum Gasteiger partial charge on any atom is -0.465 e. The van der Waals surface area contributed by atoms with Gasteiger partial charge in [-0.05, 0) is 38.0 Å². The lowest BCUT2D eigenvalue weighted by Gasteiger charge is -2.22. The van der Waals surface area contributed by atoms with Crippen LogP contribution in [0.2, 0.25) is 0 Å². The number of sulfone groups is 1. The molecule has 24 heavy (non-hydrogen) atoms. The van der Waals surface area contributed by atoms with Crippen molar-refractivity contribution in [3.8, 4) is 0 Å². The first-order valence-corrected chi connectivity index (χ1v) is 10.8. The van der Waals surface area contributed by atoms with Crippen LogP contribution in [0.3, 0.4) is 0 Å². The Hall–Kier alpha value is -1.45. The number of carbonyl (C=O) groups is 1. The van der Waals surface area contributed by atoms with E-state index in [2.05, 4.69) is 0 Å². The number of sulfonamides is 1. The second-order valence-electron chi connectivity index (χ2n) is 5.34. The van der Waals surface area contributed by atoms with Gasteiger partial charge in [0.25, 0.3) is 0 Å². The van der Waals surface area contributed by atoms with Gasteiger partial charge in [0, 0.05) is 12.8 Å². The van der Waals surface area contributed by atoms with E-state index in [0.717, 1.165) is 16.6 Å². The largest absolute Gasteiger partial charge is 0.465 e. The van der Waals surface area contributed by atoms with Crippen molar-refractivity contribution in [1.82, 2.24) is 4.31 Å². The molecule has 0 aliphatic rings. The molecule has 0 aliphatic heterocycles. The molecule has 1 rings (SSSR count). The number of benzene rings is 1. The summed E-state index contributed by atoms with van der Waals surface area (Å²) < 4.78 is 55.0. The van der Waals surface area contributed by atoms with Crippen LogP contribution in [-0.2, 0) is 29.4 Å². The highest BCUT2D eigenvalue weighted by molar-refractivity contribution is 7.91. The maximum atomic E-state index is 12.9. The third-order valence-corrected chi connectivity index (χ3v) is 6.39. The summed E-state index contributed by atoms with van der Waals surface area (Å²) >= 11 is 0. The molecule has 0 amide bonds. The molecule has 0 aliphatic carbocycles. The van der Waals surface area contributed by atoms with E-state index < -0.39 is 32.4 Å². The summed E-state index contributed by atoms with van der Waals surface area (Å²) in [6.07, 6.45) is 1.51. The van der Waals surface area contributed by atoms with Crippen LogP contribution in [0.5, 0.6) is 0 Å². The lowest BCUT2D eigenvalue weighted by atomic mass is 10.2. The Bertz CT molecular complexity index is 799. The number of nitrogens with zero attached hydrogens (tertiary/aromatic N) is 1. The van der Waals surface area contributed by atoms with E-state index in [-0.39, 0.29) is 22.9 Å². The van der Waals surface area contributed by atoms with E-state index in [1.807, 2.05) is 0 Å². The first-order chi connectivity index (χ1) is 11.0. The average Bonchev–Trinajstić information content (AvgIpc) is 2.46. The van der Waals surface area contributed by atoms with E-state index in [4.69, 9.17) is 4.74 Å². The second kappa shape index (κ2) is 8.09. The first kappa shape index (κ1) is 20.6. The van der Waals surface area contributed by atoms with Crippen LogP contribution < -0.4 is 0 Å². The van der Waals surface area contributed by atoms with Gasteiger partial charge in [0.15, 0.2) is 9.84 Å². The van der Waals surface area contributed by atoms with Crippen molar-refractivity contribution >= 4 is 25.8 Å². The number of ether oxygens (including phenoxy) is 1. The Morgan fingerprint density at radius 3 is 2.29 bits per heavy atom. The van der Waals surface area contributed by atoms with Crippen molar-refractivity contribution in [3.63, 3.8) is 0 Å². The van der Waals surface area contributed by atoms with Gasteiger partial charge in [0.05, 0.1) is 16.4 Å². The van der Waals surface area contributed by atoms with E-state index >= 15 is 0 Å². The van der Waals surface area contributed by atoms with Crippen LogP contribution in [0.4, 0.5) is 0 Å². The smallest absolute Gasteiger partial charge is 0.321 e. The van der Waals surface area contributed by atoms with E-state index in [1.54, 1.807) is 20.8 Å². The lowest BCUT2D eigenvalue weighted by Crippen LogP contribution is -2.37. The van der Waals surface area contributed by atoms with Gasteiger partial charge >= 0.3 is 5.97 Å². The summed E-state index contributed by atoms with van der Waals surface area (Å²) in [5, 5.41) is 0. The summed E-state index contributed by atoms with van der Waals surface area (Å²) in [5.74, 6) is -0.647. The Labute approximate surface area is 143 Å². The van der Waals surface area contributed by atoms with Crippen LogP contribution in [0.25, 0.3) is 0 Å². The summed E-state index contributed by atoms with van der Waals surface area (Å²) in [6, 6.07) is 3.94. The van der Waals surface area contributed by atoms with Crippen LogP contribution in [-0.4, -0.2) is 53.1 Å². The average molecular weight is 377 g/mol. The fourth-order valence-corrected chi connectivity index (χ4v) is 4.56. The maximum absolute atomic E-state index is 12.9. The van der Waals surface area contributed by atoms with Crippen molar-refractivity contribution in [2.24, 2.45) is 0 Å². The molecule has 7 nitrogen and oxygen atoms in total. The highest BCUT2D eigenvalue weighted by atomic mass is 32.2. The van der Waals surface area contributed by atoms with Crippen molar-refractivity contribution in [1.29, 1.82) is 0 Å². The normalized spacial score (nSPS) is 12.4. The Morgan fingerprint density at radius 1 is 1.17 bits per heavy atom. The highest BCUT2D eigenvalue weighted by Crippen LogP contribution is 2.23. The SMILES string of the molecule is CCCN(CC(=O)OCC)S(=O)(=O)c1cc(S(C)(=O)=O)ccc1C. The number of hydrogen-bond acceptors (Lipinski definition) is 6. The molecule has 0 radical (unpaired) electrons. The summed E-state index contributed by atoms with van der Waals surface area (Å²) in [7, 11) is -7.57. The molecule has 136 valence electrons. The molecule has 0 spiro atoms. The molecule has 1 aromatic carbocycles. The van der Waals surface area contributed by atoms with Gasteiger partial charge in [-0.1, -0.05) is 13.0 Å². The molecule has 0 N–H and O–H groups in total. The molecule has 0 heterocycles. The molecule has 0 unspecified atom stereocenters. The molecular weight excluding hydrogens is 354 g/mol. The van der Waals surface area contributed by atoms with Crippen LogP contribution >= 0.6 is 0 Å². The fraction of sp³-hybridized carbons (Fsp3) is 0.533. The predicted octanol–water partition coefficient (Wildman–Crippen LogP) is 1.36. The molecule has 0 bridgehead atoms. The zero-order chi connectivity index (χ0) is 18.5. The van der Waals surface area contributed by atoms with Crippen molar-refractivity contribution in [3.05, 3.63) is 23.8 Å². The molecule has 0 atom stereocenters. The minimum atomic E-state index is -4.02. The number of esters is 1. The van der Waals surface area contributed by atoms with E-state index in [0.29, 0.717) is 12.0 Å². The lowest BCUT2D eigenvalue weighted by molar-refractivity contribution is -0.143. The van der Waals surface area contributed by atoms with Gasteiger partial charge in [0.1, 0.15) is 6.54 Å². The summed E-state index contributed by atoms with van der Waals surface area (Å²) in [4.78, 5) is 11.5. The molecule has 0 saturated heterocycles. The topological polar surface area (TPSA) is 97.8 Å². The predicted molar refractivity (Wildman–Crippen MR) is 90.0 cm³/mol. The van der Waals surface area contributed by atoms with Crippen LogP contribution in [0.1, 0.15) is 25.8 Å². The number of aryl methyl sites for hydroxylation is 1. The summed E-state index contributed by atoms with van der Waals surface area (Å²) in [5.41, 5.74) is 0.410. The molecule has 9 heteroatoms. The van der Waals surface area contributed by atoms with Gasteiger partial charge < -0.3 is 4.74 Å². The van der Waals surface area contributed by atoms with Crippen molar-refractivity contribution < 1.29 is 26.4 Å². The molecule has 0 saturated carbocycles. The highest BCUT2D eigenvalue weighted by Gasteiger charge is 2.29. The Balaban J connectivity index is 3.36. The standard InChI is InChI=1S/C15H23NO6S2/c1-5-9-16(11-15(17)22-6-2)24(20,21)14-10-13(23(4,18)19)8-7-12(14)3/h7-8,10H,5-6,9,11H2,1-4H3. The molecule has 0 aromatic heterocycles. The fourth-order valence-electron chi connectivity index (χ4n) is 2.11. The minimum absolute atomic E-state index is 0.0840. The Morgan fingerprint density at radius 2 is 1.79 bits per heavy atom.